The Morgan fingerprint density at radius 1 is 1.47 bits per heavy atom. The van der Waals surface area contributed by atoms with E-state index in [4.69, 9.17) is 10.5 Å². The van der Waals surface area contributed by atoms with Gasteiger partial charge in [-0.25, -0.2) is 0 Å². The molecule has 0 saturated heterocycles. The third-order valence-electron chi connectivity index (χ3n) is 3.10. The van der Waals surface area contributed by atoms with Crippen LogP contribution in [0.3, 0.4) is 0 Å². The Morgan fingerprint density at radius 2 is 2.13 bits per heavy atom. The first-order chi connectivity index (χ1) is 7.03. The van der Waals surface area contributed by atoms with Crippen LogP contribution in [0.5, 0.6) is 5.75 Å². The van der Waals surface area contributed by atoms with E-state index in [9.17, 15) is 0 Å². The van der Waals surface area contributed by atoms with Crippen molar-refractivity contribution in [3.63, 3.8) is 0 Å². The topological polar surface area (TPSA) is 47.3 Å². The van der Waals surface area contributed by atoms with Crippen molar-refractivity contribution >= 4 is 11.4 Å². The van der Waals surface area contributed by atoms with Gasteiger partial charge in [-0.1, -0.05) is 13.8 Å². The molecule has 2 rings (SSSR count). The first-order valence-electron chi connectivity index (χ1n) is 5.23. The maximum atomic E-state index is 5.89. The van der Waals surface area contributed by atoms with E-state index in [1.165, 1.54) is 6.42 Å². The fourth-order valence-corrected chi connectivity index (χ4v) is 1.69. The normalized spacial score (nSPS) is 22.2. The molecule has 0 aromatic heterocycles. The molecule has 82 valence electrons. The number of methoxy groups -OCH3 is 1. The van der Waals surface area contributed by atoms with E-state index in [1.54, 1.807) is 7.11 Å². The summed E-state index contributed by atoms with van der Waals surface area (Å²) in [5, 5.41) is 3.44. The van der Waals surface area contributed by atoms with Gasteiger partial charge in [0.1, 0.15) is 5.75 Å². The zero-order chi connectivity index (χ0) is 11.1. The Balaban J connectivity index is 2.14. The Morgan fingerprint density at radius 3 is 2.67 bits per heavy atom. The number of rotatable bonds is 3. The van der Waals surface area contributed by atoms with Crippen LogP contribution in [0, 0.1) is 5.41 Å². The average molecular weight is 206 g/mol. The zero-order valence-electron chi connectivity index (χ0n) is 9.50. The van der Waals surface area contributed by atoms with Crippen molar-refractivity contribution in [3.8, 4) is 5.75 Å². The van der Waals surface area contributed by atoms with Crippen molar-refractivity contribution in [2.24, 2.45) is 5.41 Å². The van der Waals surface area contributed by atoms with Gasteiger partial charge >= 0.3 is 0 Å². The molecule has 3 N–H and O–H groups in total. The maximum Gasteiger partial charge on any atom is 0.121 e. The molecule has 1 unspecified atom stereocenters. The number of hydrogen-bond acceptors (Lipinski definition) is 3. The van der Waals surface area contributed by atoms with E-state index >= 15 is 0 Å². The summed E-state index contributed by atoms with van der Waals surface area (Å²) < 4.78 is 5.17. The van der Waals surface area contributed by atoms with Gasteiger partial charge in [0.2, 0.25) is 0 Å². The van der Waals surface area contributed by atoms with Gasteiger partial charge in [0.15, 0.2) is 0 Å². The van der Waals surface area contributed by atoms with E-state index < -0.39 is 0 Å². The van der Waals surface area contributed by atoms with Crippen LogP contribution in [0.2, 0.25) is 0 Å². The lowest BCUT2D eigenvalue weighted by atomic mass is 10.2. The number of nitrogen functional groups attached to an aromatic ring is 1. The fraction of sp³-hybridized carbons (Fsp3) is 0.500. The molecule has 1 fully saturated rings. The molecular formula is C12H18N2O. The van der Waals surface area contributed by atoms with Crippen LogP contribution in [-0.2, 0) is 0 Å². The smallest absolute Gasteiger partial charge is 0.121 e. The van der Waals surface area contributed by atoms with Crippen molar-refractivity contribution in [1.29, 1.82) is 0 Å². The van der Waals surface area contributed by atoms with Gasteiger partial charge in [-0.15, -0.1) is 0 Å². The second-order valence-electron chi connectivity index (χ2n) is 4.84. The van der Waals surface area contributed by atoms with E-state index in [0.717, 1.165) is 17.1 Å². The van der Waals surface area contributed by atoms with Crippen molar-refractivity contribution in [2.75, 3.05) is 18.2 Å². The lowest BCUT2D eigenvalue weighted by Crippen LogP contribution is -2.10. The minimum Gasteiger partial charge on any atom is -0.497 e. The van der Waals surface area contributed by atoms with Crippen molar-refractivity contribution in [2.45, 2.75) is 26.3 Å². The lowest BCUT2D eigenvalue weighted by molar-refractivity contribution is 0.415. The van der Waals surface area contributed by atoms with Crippen LogP contribution in [-0.4, -0.2) is 13.2 Å². The summed E-state index contributed by atoms with van der Waals surface area (Å²) >= 11 is 0. The van der Waals surface area contributed by atoms with Crippen molar-refractivity contribution < 1.29 is 4.74 Å². The molecule has 15 heavy (non-hydrogen) atoms. The summed E-state index contributed by atoms with van der Waals surface area (Å²) in [6.07, 6.45) is 1.20. The lowest BCUT2D eigenvalue weighted by Gasteiger charge is -2.12. The predicted molar refractivity (Wildman–Crippen MR) is 63.2 cm³/mol. The number of ether oxygens (including phenoxy) is 1. The van der Waals surface area contributed by atoms with Crippen molar-refractivity contribution in [1.82, 2.24) is 0 Å². The summed E-state index contributed by atoms with van der Waals surface area (Å²) in [5.41, 5.74) is 8.04. The van der Waals surface area contributed by atoms with E-state index in [2.05, 4.69) is 19.2 Å². The summed E-state index contributed by atoms with van der Waals surface area (Å²) in [6, 6.07) is 6.23. The van der Waals surface area contributed by atoms with Gasteiger partial charge in [-0.3, -0.25) is 0 Å². The predicted octanol–water partition coefficient (Wildman–Crippen LogP) is 2.49. The molecule has 1 aliphatic rings. The van der Waals surface area contributed by atoms with Crippen LogP contribution >= 0.6 is 0 Å². The summed E-state index contributed by atoms with van der Waals surface area (Å²) in [4.78, 5) is 0. The first kappa shape index (κ1) is 10.1. The number of nitrogens with two attached hydrogens (primary N) is 1. The standard InChI is InChI=1S/C12H18N2O/c1-12(2)7-11(12)14-10-6-8(15-3)4-5-9(10)13/h4-6,11,14H,7,13H2,1-3H3. The van der Waals surface area contributed by atoms with Gasteiger partial charge in [0, 0.05) is 12.1 Å². The molecule has 0 heterocycles. The second-order valence-corrected chi connectivity index (χ2v) is 4.84. The molecule has 0 bridgehead atoms. The largest absolute Gasteiger partial charge is 0.497 e. The molecule has 1 atom stereocenters. The highest BCUT2D eigenvalue weighted by Crippen LogP contribution is 2.47. The van der Waals surface area contributed by atoms with Crippen LogP contribution in [0.15, 0.2) is 18.2 Å². The van der Waals surface area contributed by atoms with Gasteiger partial charge < -0.3 is 15.8 Å². The van der Waals surface area contributed by atoms with Gasteiger partial charge in [-0.05, 0) is 24.0 Å². The van der Waals surface area contributed by atoms with E-state index in [1.807, 2.05) is 18.2 Å². The fourth-order valence-electron chi connectivity index (χ4n) is 1.69. The third-order valence-corrected chi connectivity index (χ3v) is 3.10. The number of benzene rings is 1. The molecule has 0 spiro atoms. The Labute approximate surface area is 90.6 Å². The SMILES string of the molecule is COc1ccc(N)c(NC2CC2(C)C)c1. The zero-order valence-corrected chi connectivity index (χ0v) is 9.50. The molecule has 3 nitrogen and oxygen atoms in total. The Kier molecular flexibility index (Phi) is 2.25. The number of hydrogen-bond donors (Lipinski definition) is 2. The van der Waals surface area contributed by atoms with Gasteiger partial charge in [-0.2, -0.15) is 0 Å². The van der Waals surface area contributed by atoms with Gasteiger partial charge in [0.05, 0.1) is 18.5 Å². The van der Waals surface area contributed by atoms with Crippen LogP contribution in [0.25, 0.3) is 0 Å². The second kappa shape index (κ2) is 3.33. The summed E-state index contributed by atoms with van der Waals surface area (Å²) in [6.45, 7) is 4.50. The number of anilines is 2. The molecule has 3 heteroatoms. The molecule has 0 radical (unpaired) electrons. The first-order valence-corrected chi connectivity index (χ1v) is 5.23. The molecule has 1 aromatic rings. The molecule has 1 saturated carbocycles. The Hall–Kier alpha value is -1.38. The molecule has 1 aliphatic carbocycles. The molecule has 1 aromatic carbocycles. The highest BCUT2D eigenvalue weighted by Gasteiger charge is 2.45. The Bertz CT molecular complexity index is 374. The molecule has 0 amide bonds. The highest BCUT2D eigenvalue weighted by atomic mass is 16.5. The average Bonchev–Trinajstić information content (AvgIpc) is 2.78. The van der Waals surface area contributed by atoms with Crippen LogP contribution in [0.1, 0.15) is 20.3 Å². The van der Waals surface area contributed by atoms with Gasteiger partial charge in [0.25, 0.3) is 0 Å². The van der Waals surface area contributed by atoms with Crippen LogP contribution < -0.4 is 15.8 Å². The van der Waals surface area contributed by atoms with E-state index in [-0.39, 0.29) is 0 Å². The quantitative estimate of drug-likeness (QED) is 0.747. The number of nitrogens with one attached hydrogen (secondary N) is 1. The third kappa shape index (κ3) is 2.01. The summed E-state index contributed by atoms with van der Waals surface area (Å²) in [5.74, 6) is 0.838. The van der Waals surface area contributed by atoms with Crippen molar-refractivity contribution in [3.05, 3.63) is 18.2 Å². The summed E-state index contributed by atoms with van der Waals surface area (Å²) in [7, 11) is 1.66. The highest BCUT2D eigenvalue weighted by molar-refractivity contribution is 5.69. The van der Waals surface area contributed by atoms with Crippen LogP contribution in [0.4, 0.5) is 11.4 Å². The minimum atomic E-state index is 0.398. The minimum absolute atomic E-state index is 0.398. The molecular weight excluding hydrogens is 188 g/mol. The monoisotopic (exact) mass is 206 g/mol. The van der Waals surface area contributed by atoms with E-state index in [0.29, 0.717) is 11.5 Å². The maximum absolute atomic E-state index is 5.89. The molecule has 0 aliphatic heterocycles.